The summed E-state index contributed by atoms with van der Waals surface area (Å²) in [5.74, 6) is 5.74. The van der Waals surface area contributed by atoms with Crippen molar-refractivity contribution in [1.82, 2.24) is 5.32 Å². The lowest BCUT2D eigenvalue weighted by Gasteiger charge is -2.28. The van der Waals surface area contributed by atoms with Gasteiger partial charge in [-0.05, 0) is 67.5 Å². The Balaban J connectivity index is 1.27. The molecule has 2 unspecified atom stereocenters. The Kier molecular flexibility index (Phi) is 7.61. The van der Waals surface area contributed by atoms with Crippen molar-refractivity contribution in [3.05, 3.63) is 69.9 Å². The van der Waals surface area contributed by atoms with E-state index in [9.17, 15) is 5.11 Å². The Morgan fingerprint density at radius 3 is 2.66 bits per heavy atom. The number of β-amino-alcohol motifs (C(OH)–C–C–N with tert-alkyl or cyclic N) is 1. The number of benzene rings is 2. The van der Waals surface area contributed by atoms with Crippen molar-refractivity contribution < 1.29 is 14.7 Å². The molecule has 1 aliphatic carbocycles. The van der Waals surface area contributed by atoms with Crippen LogP contribution in [0.4, 0.5) is 0 Å². The normalized spacial score (nSPS) is 16.4. The molecule has 2 aromatic carbocycles. The Labute approximate surface area is 194 Å². The molecule has 1 heterocycles. The molecule has 0 spiro atoms. The molecule has 1 fully saturated rings. The van der Waals surface area contributed by atoms with Crippen molar-refractivity contribution in [1.29, 1.82) is 0 Å². The fraction of sp³-hybridized carbons (Fsp3) is 0.462. The van der Waals surface area contributed by atoms with Gasteiger partial charge in [0.05, 0.1) is 18.8 Å². The van der Waals surface area contributed by atoms with Gasteiger partial charge in [0.2, 0.25) is 0 Å². The van der Waals surface area contributed by atoms with Crippen LogP contribution in [0.15, 0.2) is 54.6 Å². The first-order chi connectivity index (χ1) is 15.4. The van der Waals surface area contributed by atoms with Crippen LogP contribution >= 0.6 is 11.3 Å². The second-order valence-corrected chi connectivity index (χ2v) is 10.7. The highest BCUT2D eigenvalue weighted by atomic mass is 32.1. The van der Waals surface area contributed by atoms with Gasteiger partial charge in [0.1, 0.15) is 6.61 Å². The molecule has 0 radical (unpaired) electrons. The van der Waals surface area contributed by atoms with Gasteiger partial charge in [-0.25, -0.2) is 5.90 Å². The van der Waals surface area contributed by atoms with Crippen LogP contribution in [0.1, 0.15) is 48.1 Å². The van der Waals surface area contributed by atoms with Crippen molar-refractivity contribution in [2.24, 2.45) is 11.8 Å². The highest BCUT2D eigenvalue weighted by molar-refractivity contribution is 7.12. The first kappa shape index (κ1) is 23.4. The van der Waals surface area contributed by atoms with Crippen molar-refractivity contribution in [3.63, 3.8) is 0 Å². The second-order valence-electron chi connectivity index (χ2n) is 9.48. The first-order valence-electron chi connectivity index (χ1n) is 11.4. The summed E-state index contributed by atoms with van der Waals surface area (Å²) in [6.07, 6.45) is 2.74. The Bertz CT molecular complexity index is 1010. The summed E-state index contributed by atoms with van der Waals surface area (Å²) in [5.41, 5.74) is 1.15. The molecule has 4 rings (SSSR count). The third-order valence-corrected chi connectivity index (χ3v) is 7.10. The second kappa shape index (κ2) is 10.4. The SMILES string of the molecule is CC(C)(Cc1ccc2ccccc2c1)NCC(O)COC(c1ccc(CON)s1)C1CC1. The molecule has 2 atom stereocenters. The zero-order chi connectivity index (χ0) is 22.6. The average molecular weight is 455 g/mol. The van der Waals surface area contributed by atoms with E-state index in [0.717, 1.165) is 11.3 Å². The molecule has 0 aliphatic heterocycles. The number of rotatable bonds is 12. The topological polar surface area (TPSA) is 76.7 Å². The minimum atomic E-state index is -0.557. The summed E-state index contributed by atoms with van der Waals surface area (Å²) in [4.78, 5) is 7.03. The van der Waals surface area contributed by atoms with Gasteiger partial charge in [-0.3, -0.25) is 4.84 Å². The maximum Gasteiger partial charge on any atom is 0.102 e. The van der Waals surface area contributed by atoms with E-state index >= 15 is 0 Å². The smallest absolute Gasteiger partial charge is 0.102 e. The molecule has 1 aromatic heterocycles. The quantitative estimate of drug-likeness (QED) is 0.345. The van der Waals surface area contributed by atoms with Crippen LogP contribution in [0.2, 0.25) is 0 Å². The van der Waals surface area contributed by atoms with E-state index in [0.29, 0.717) is 25.7 Å². The number of thiophene rings is 1. The van der Waals surface area contributed by atoms with E-state index in [-0.39, 0.29) is 11.6 Å². The lowest BCUT2D eigenvalue weighted by molar-refractivity contribution is -0.0196. The minimum Gasteiger partial charge on any atom is -0.389 e. The largest absolute Gasteiger partial charge is 0.389 e. The van der Waals surface area contributed by atoms with E-state index < -0.39 is 6.10 Å². The van der Waals surface area contributed by atoms with E-state index in [2.05, 4.69) is 67.7 Å². The van der Waals surface area contributed by atoms with Crippen molar-refractivity contribution in [2.45, 2.75) is 57.5 Å². The van der Waals surface area contributed by atoms with Gasteiger partial charge in [-0.2, -0.15) is 0 Å². The summed E-state index contributed by atoms with van der Waals surface area (Å²) < 4.78 is 6.19. The Hall–Kier alpha value is -1.80. The highest BCUT2D eigenvalue weighted by Crippen LogP contribution is 2.45. The third-order valence-electron chi connectivity index (χ3n) is 5.98. The molecule has 1 aliphatic rings. The van der Waals surface area contributed by atoms with Crippen LogP contribution in [0.3, 0.4) is 0 Å². The minimum absolute atomic E-state index is 0.0479. The predicted molar refractivity (Wildman–Crippen MR) is 130 cm³/mol. The summed E-state index contributed by atoms with van der Waals surface area (Å²) in [7, 11) is 0. The number of aliphatic hydroxyl groups is 1. The number of nitrogens with one attached hydrogen (secondary N) is 1. The molecule has 4 N–H and O–H groups in total. The number of hydrogen-bond acceptors (Lipinski definition) is 6. The van der Waals surface area contributed by atoms with E-state index in [1.54, 1.807) is 11.3 Å². The summed E-state index contributed by atoms with van der Waals surface area (Å²) in [6, 6.07) is 19.2. The monoisotopic (exact) mass is 454 g/mol. The van der Waals surface area contributed by atoms with Gasteiger partial charge in [-0.15, -0.1) is 11.3 Å². The van der Waals surface area contributed by atoms with E-state index in [4.69, 9.17) is 15.5 Å². The summed E-state index contributed by atoms with van der Waals surface area (Å²) >= 11 is 1.68. The lowest BCUT2D eigenvalue weighted by atomic mass is 9.93. The number of fused-ring (bicyclic) bond motifs is 1. The number of hydrogen-bond donors (Lipinski definition) is 3. The highest BCUT2D eigenvalue weighted by Gasteiger charge is 2.34. The van der Waals surface area contributed by atoms with Gasteiger partial charge >= 0.3 is 0 Å². The summed E-state index contributed by atoms with van der Waals surface area (Å²) in [5, 5.41) is 16.6. The zero-order valence-corrected chi connectivity index (χ0v) is 19.7. The van der Waals surface area contributed by atoms with Crippen LogP contribution < -0.4 is 11.2 Å². The number of nitrogens with two attached hydrogens (primary N) is 1. The molecule has 172 valence electrons. The third kappa shape index (κ3) is 6.38. The fourth-order valence-corrected chi connectivity index (χ4v) is 5.22. The Morgan fingerprint density at radius 1 is 1.12 bits per heavy atom. The molecular weight excluding hydrogens is 420 g/mol. The van der Waals surface area contributed by atoms with Crippen LogP contribution in [0.25, 0.3) is 10.8 Å². The van der Waals surface area contributed by atoms with Crippen molar-refractivity contribution >= 4 is 22.1 Å². The molecular formula is C26H34N2O3S. The molecule has 6 heteroatoms. The Morgan fingerprint density at radius 2 is 1.91 bits per heavy atom. The van der Waals surface area contributed by atoms with Gasteiger partial charge in [0.25, 0.3) is 0 Å². The molecule has 32 heavy (non-hydrogen) atoms. The van der Waals surface area contributed by atoms with Gasteiger partial charge in [-0.1, -0.05) is 42.5 Å². The lowest BCUT2D eigenvalue weighted by Crippen LogP contribution is -2.46. The molecule has 5 nitrogen and oxygen atoms in total. The van der Waals surface area contributed by atoms with E-state index in [1.165, 1.54) is 34.1 Å². The van der Waals surface area contributed by atoms with Gasteiger partial charge < -0.3 is 15.2 Å². The van der Waals surface area contributed by atoms with Crippen LogP contribution in [-0.2, 0) is 22.6 Å². The molecule has 1 saturated carbocycles. The molecule has 3 aromatic rings. The fourth-order valence-electron chi connectivity index (χ4n) is 4.15. The standard InChI is InChI=1S/C26H34N2O3S/c1-26(2,14-18-7-8-19-5-3-4-6-21(19)13-18)28-15-22(29)16-30-25(20-9-10-20)24-12-11-23(32-24)17-31-27/h3-8,11-13,20,22,25,28-29H,9-10,14-17,27H2,1-2H3. The number of ether oxygens (including phenoxy) is 1. The van der Waals surface area contributed by atoms with Crippen molar-refractivity contribution in [2.75, 3.05) is 13.2 Å². The number of aliphatic hydroxyl groups excluding tert-OH is 1. The average Bonchev–Trinajstić information content (AvgIpc) is 3.51. The molecule has 0 bridgehead atoms. The van der Waals surface area contributed by atoms with E-state index in [1.807, 2.05) is 6.07 Å². The van der Waals surface area contributed by atoms with Crippen LogP contribution in [0.5, 0.6) is 0 Å². The first-order valence-corrected chi connectivity index (χ1v) is 12.2. The van der Waals surface area contributed by atoms with Gasteiger partial charge in [0, 0.05) is 21.8 Å². The van der Waals surface area contributed by atoms with Crippen molar-refractivity contribution in [3.8, 4) is 0 Å². The van der Waals surface area contributed by atoms with Crippen LogP contribution in [0, 0.1) is 5.92 Å². The zero-order valence-electron chi connectivity index (χ0n) is 18.9. The van der Waals surface area contributed by atoms with Crippen LogP contribution in [-0.4, -0.2) is 29.9 Å². The molecule has 0 amide bonds. The maximum atomic E-state index is 10.6. The predicted octanol–water partition coefficient (Wildman–Crippen LogP) is 4.73. The molecule has 0 saturated heterocycles. The summed E-state index contributed by atoms with van der Waals surface area (Å²) in [6.45, 7) is 5.58. The van der Waals surface area contributed by atoms with Gasteiger partial charge in [0.15, 0.2) is 0 Å². The maximum absolute atomic E-state index is 10.6.